The Balaban J connectivity index is 2.01. The highest BCUT2D eigenvalue weighted by Crippen LogP contribution is 2.29. The van der Waals surface area contributed by atoms with Crippen molar-refractivity contribution in [3.63, 3.8) is 0 Å². The van der Waals surface area contributed by atoms with Gasteiger partial charge < -0.3 is 4.42 Å². The minimum atomic E-state index is -3.45. The quantitative estimate of drug-likeness (QED) is 0.785. The summed E-state index contributed by atoms with van der Waals surface area (Å²) in [6.45, 7) is 1.70. The molecule has 2 rings (SSSR count). The zero-order chi connectivity index (χ0) is 13.3. The van der Waals surface area contributed by atoms with Crippen molar-refractivity contribution in [1.82, 2.24) is 9.21 Å². The van der Waals surface area contributed by atoms with Gasteiger partial charge in [-0.25, -0.2) is 12.7 Å². The zero-order valence-corrected chi connectivity index (χ0v) is 11.9. The lowest BCUT2D eigenvalue weighted by Gasteiger charge is -2.14. The molecular formula is C12H20N2O3S. The largest absolute Gasteiger partial charge is 0.447 e. The molecule has 0 aromatic carbocycles. The molecule has 0 spiro atoms. The maximum absolute atomic E-state index is 11.8. The average molecular weight is 272 g/mol. The normalized spacial score (nSPS) is 16.7. The Morgan fingerprint density at radius 2 is 1.94 bits per heavy atom. The van der Waals surface area contributed by atoms with E-state index in [-0.39, 0.29) is 5.09 Å². The van der Waals surface area contributed by atoms with Gasteiger partial charge in [-0.1, -0.05) is 0 Å². The number of hydrogen-bond donors (Lipinski definition) is 0. The van der Waals surface area contributed by atoms with E-state index >= 15 is 0 Å². The third-order valence-electron chi connectivity index (χ3n) is 3.06. The molecule has 0 amide bonds. The summed E-state index contributed by atoms with van der Waals surface area (Å²) in [4.78, 5) is 2.17. The van der Waals surface area contributed by atoms with E-state index in [0.717, 1.165) is 16.8 Å². The van der Waals surface area contributed by atoms with Crippen LogP contribution in [0.15, 0.2) is 21.6 Å². The van der Waals surface area contributed by atoms with Gasteiger partial charge in [-0.15, -0.1) is 0 Å². The summed E-state index contributed by atoms with van der Waals surface area (Å²) < 4.78 is 30.2. The molecule has 1 saturated carbocycles. The predicted octanol–water partition coefficient (Wildman–Crippen LogP) is 1.37. The monoisotopic (exact) mass is 272 g/mol. The Kier molecular flexibility index (Phi) is 3.79. The standard InChI is InChI=1S/C12H20N2O3S/c1-13(2)18(15,16)12-7-6-11(17-12)9-14(3)8-10-4-5-10/h6-7,10H,4-5,8-9H2,1-3H3. The SMILES string of the molecule is CN(Cc1ccc(S(=O)(=O)N(C)C)o1)CC1CC1. The van der Waals surface area contributed by atoms with Gasteiger partial charge in [0.05, 0.1) is 6.54 Å². The molecule has 0 atom stereocenters. The summed E-state index contributed by atoms with van der Waals surface area (Å²) in [6, 6.07) is 3.26. The lowest BCUT2D eigenvalue weighted by atomic mass is 10.3. The van der Waals surface area contributed by atoms with Crippen molar-refractivity contribution in [2.75, 3.05) is 27.7 Å². The number of sulfonamides is 1. The molecule has 1 aromatic heterocycles. The third kappa shape index (κ3) is 3.13. The second-order valence-corrected chi connectivity index (χ2v) is 7.23. The van der Waals surface area contributed by atoms with Crippen LogP contribution < -0.4 is 0 Å². The third-order valence-corrected chi connectivity index (χ3v) is 4.75. The van der Waals surface area contributed by atoms with Gasteiger partial charge in [0.15, 0.2) is 0 Å². The Morgan fingerprint density at radius 3 is 2.50 bits per heavy atom. The smallest absolute Gasteiger partial charge is 0.275 e. The van der Waals surface area contributed by atoms with Gasteiger partial charge >= 0.3 is 0 Å². The molecule has 1 aliphatic rings. The molecule has 1 heterocycles. The second kappa shape index (κ2) is 5.03. The fourth-order valence-corrected chi connectivity index (χ4v) is 2.65. The zero-order valence-electron chi connectivity index (χ0n) is 11.1. The van der Waals surface area contributed by atoms with Crippen LogP contribution in [0.25, 0.3) is 0 Å². The van der Waals surface area contributed by atoms with Gasteiger partial charge in [0.2, 0.25) is 5.09 Å². The number of hydrogen-bond acceptors (Lipinski definition) is 4. The summed E-state index contributed by atoms with van der Waals surface area (Å²) in [6.07, 6.45) is 2.62. The molecule has 0 N–H and O–H groups in total. The van der Waals surface area contributed by atoms with Crippen LogP contribution >= 0.6 is 0 Å². The Morgan fingerprint density at radius 1 is 1.28 bits per heavy atom. The number of nitrogens with zero attached hydrogens (tertiary/aromatic N) is 2. The van der Waals surface area contributed by atoms with Crippen molar-refractivity contribution in [3.05, 3.63) is 17.9 Å². The summed E-state index contributed by atoms with van der Waals surface area (Å²) in [7, 11) is 1.57. The predicted molar refractivity (Wildman–Crippen MR) is 68.6 cm³/mol. The van der Waals surface area contributed by atoms with E-state index in [9.17, 15) is 8.42 Å². The van der Waals surface area contributed by atoms with Crippen LogP contribution in [0.3, 0.4) is 0 Å². The molecule has 5 nitrogen and oxygen atoms in total. The lowest BCUT2D eigenvalue weighted by Crippen LogP contribution is -2.22. The fraction of sp³-hybridized carbons (Fsp3) is 0.667. The van der Waals surface area contributed by atoms with Crippen molar-refractivity contribution in [1.29, 1.82) is 0 Å². The summed E-state index contributed by atoms with van der Waals surface area (Å²) in [5, 5.41) is 0.0160. The van der Waals surface area contributed by atoms with E-state index in [4.69, 9.17) is 4.42 Å². The van der Waals surface area contributed by atoms with E-state index in [0.29, 0.717) is 12.3 Å². The van der Waals surface area contributed by atoms with Crippen LogP contribution in [0.4, 0.5) is 0 Å². The van der Waals surface area contributed by atoms with E-state index < -0.39 is 10.0 Å². The second-order valence-electron chi connectivity index (χ2n) is 5.15. The Hall–Kier alpha value is -0.850. The van der Waals surface area contributed by atoms with Crippen molar-refractivity contribution >= 4 is 10.0 Å². The lowest BCUT2D eigenvalue weighted by molar-refractivity contribution is 0.271. The van der Waals surface area contributed by atoms with Gasteiger partial charge in [0.1, 0.15) is 5.76 Å². The van der Waals surface area contributed by atoms with Gasteiger partial charge in [0.25, 0.3) is 10.0 Å². The summed E-state index contributed by atoms with van der Waals surface area (Å²) in [5.41, 5.74) is 0. The maximum atomic E-state index is 11.8. The molecule has 0 saturated heterocycles. The molecular weight excluding hydrogens is 252 g/mol. The van der Waals surface area contributed by atoms with E-state index in [1.54, 1.807) is 6.07 Å². The van der Waals surface area contributed by atoms with E-state index in [1.807, 2.05) is 7.05 Å². The molecule has 0 bridgehead atoms. The van der Waals surface area contributed by atoms with Crippen LogP contribution in [0.1, 0.15) is 18.6 Å². The van der Waals surface area contributed by atoms with Crippen LogP contribution in [0.5, 0.6) is 0 Å². The van der Waals surface area contributed by atoms with Crippen molar-refractivity contribution in [2.45, 2.75) is 24.5 Å². The molecule has 1 aromatic rings. The summed E-state index contributed by atoms with van der Waals surface area (Å²) in [5.74, 6) is 1.51. The molecule has 0 radical (unpaired) electrons. The minimum absolute atomic E-state index is 0.0160. The highest BCUT2D eigenvalue weighted by Gasteiger charge is 2.24. The molecule has 0 unspecified atom stereocenters. The first-order valence-corrected chi connectivity index (χ1v) is 7.53. The van der Waals surface area contributed by atoms with Gasteiger partial charge in [-0.05, 0) is 37.9 Å². The first-order valence-electron chi connectivity index (χ1n) is 6.09. The van der Waals surface area contributed by atoms with Crippen LogP contribution in [-0.2, 0) is 16.6 Å². The average Bonchev–Trinajstić information content (AvgIpc) is 2.94. The molecule has 1 fully saturated rings. The molecule has 0 aliphatic heterocycles. The minimum Gasteiger partial charge on any atom is -0.447 e. The van der Waals surface area contributed by atoms with Gasteiger partial charge in [0, 0.05) is 20.6 Å². The van der Waals surface area contributed by atoms with Gasteiger partial charge in [-0.3, -0.25) is 4.90 Å². The highest BCUT2D eigenvalue weighted by atomic mass is 32.2. The van der Waals surface area contributed by atoms with Crippen LogP contribution in [-0.4, -0.2) is 45.3 Å². The number of furan rings is 1. The Labute approximate surface area is 108 Å². The molecule has 102 valence electrons. The van der Waals surface area contributed by atoms with Crippen molar-refractivity contribution in [2.24, 2.45) is 5.92 Å². The van der Waals surface area contributed by atoms with Gasteiger partial charge in [-0.2, -0.15) is 0 Å². The van der Waals surface area contributed by atoms with Crippen LogP contribution in [0.2, 0.25) is 0 Å². The first kappa shape index (κ1) is 13.6. The highest BCUT2D eigenvalue weighted by molar-refractivity contribution is 7.88. The van der Waals surface area contributed by atoms with Crippen molar-refractivity contribution < 1.29 is 12.8 Å². The van der Waals surface area contributed by atoms with Crippen LogP contribution in [0, 0.1) is 5.92 Å². The van der Waals surface area contributed by atoms with Crippen molar-refractivity contribution in [3.8, 4) is 0 Å². The van der Waals surface area contributed by atoms with E-state index in [2.05, 4.69) is 4.90 Å². The molecule has 6 heteroatoms. The molecule has 18 heavy (non-hydrogen) atoms. The van der Waals surface area contributed by atoms with E-state index in [1.165, 1.54) is 33.0 Å². The maximum Gasteiger partial charge on any atom is 0.275 e. The number of rotatable bonds is 6. The Bertz CT molecular complexity index is 503. The molecule has 1 aliphatic carbocycles. The first-order chi connectivity index (χ1) is 8.39. The summed E-state index contributed by atoms with van der Waals surface area (Å²) >= 11 is 0. The topological polar surface area (TPSA) is 53.8 Å². The fourth-order valence-electron chi connectivity index (χ4n) is 1.83.